The Hall–Kier alpha value is -3.08. The SMILES string of the molecule is CC(C)(C)c1ccc(Nc2ccc(C(=O)NCc3ccco3)nc2)cc1. The number of nitrogens with zero attached hydrogens (tertiary/aromatic N) is 1. The van der Waals surface area contributed by atoms with Gasteiger partial charge >= 0.3 is 0 Å². The summed E-state index contributed by atoms with van der Waals surface area (Å²) >= 11 is 0. The van der Waals surface area contributed by atoms with E-state index in [9.17, 15) is 4.79 Å². The van der Waals surface area contributed by atoms with Crippen molar-refractivity contribution in [2.24, 2.45) is 0 Å². The molecule has 0 saturated heterocycles. The molecule has 0 aliphatic carbocycles. The highest BCUT2D eigenvalue weighted by atomic mass is 16.3. The zero-order valence-electron chi connectivity index (χ0n) is 15.2. The van der Waals surface area contributed by atoms with Crippen molar-refractivity contribution in [3.8, 4) is 0 Å². The van der Waals surface area contributed by atoms with Crippen molar-refractivity contribution in [3.05, 3.63) is 78.0 Å². The number of benzene rings is 1. The minimum Gasteiger partial charge on any atom is -0.467 e. The molecule has 134 valence electrons. The van der Waals surface area contributed by atoms with E-state index in [1.54, 1.807) is 24.6 Å². The van der Waals surface area contributed by atoms with Gasteiger partial charge in [0.05, 0.1) is 24.7 Å². The monoisotopic (exact) mass is 349 g/mol. The molecule has 3 rings (SSSR count). The lowest BCUT2D eigenvalue weighted by molar-refractivity contribution is 0.0943. The van der Waals surface area contributed by atoms with Crippen LogP contribution in [0.2, 0.25) is 0 Å². The maximum absolute atomic E-state index is 12.1. The fourth-order valence-electron chi connectivity index (χ4n) is 2.49. The molecule has 1 amide bonds. The van der Waals surface area contributed by atoms with E-state index < -0.39 is 0 Å². The maximum Gasteiger partial charge on any atom is 0.270 e. The molecule has 0 atom stereocenters. The molecule has 5 nitrogen and oxygen atoms in total. The number of carbonyl (C=O) groups excluding carboxylic acids is 1. The van der Waals surface area contributed by atoms with Gasteiger partial charge in [-0.05, 0) is 47.4 Å². The summed E-state index contributed by atoms with van der Waals surface area (Å²) in [6.45, 7) is 6.91. The number of hydrogen-bond donors (Lipinski definition) is 2. The Bertz CT molecular complexity index is 846. The van der Waals surface area contributed by atoms with Gasteiger partial charge in [0, 0.05) is 5.69 Å². The fraction of sp³-hybridized carbons (Fsp3) is 0.238. The molecule has 0 saturated carbocycles. The maximum atomic E-state index is 12.1. The van der Waals surface area contributed by atoms with Crippen LogP contribution in [-0.4, -0.2) is 10.9 Å². The molecule has 0 aliphatic rings. The quantitative estimate of drug-likeness (QED) is 0.704. The first-order chi connectivity index (χ1) is 12.4. The molecular formula is C21H23N3O2. The average Bonchev–Trinajstić information content (AvgIpc) is 3.13. The van der Waals surface area contributed by atoms with Gasteiger partial charge in [-0.1, -0.05) is 32.9 Å². The van der Waals surface area contributed by atoms with Crippen LogP contribution >= 0.6 is 0 Å². The van der Waals surface area contributed by atoms with Crippen LogP contribution in [-0.2, 0) is 12.0 Å². The zero-order valence-corrected chi connectivity index (χ0v) is 15.2. The molecule has 5 heteroatoms. The summed E-state index contributed by atoms with van der Waals surface area (Å²) < 4.78 is 5.19. The standard InChI is InChI=1S/C21H23N3O2/c1-21(2,3)15-6-8-16(9-7-15)24-17-10-11-19(22-13-17)20(25)23-14-18-5-4-12-26-18/h4-13,24H,14H2,1-3H3,(H,23,25). The molecule has 2 heterocycles. The number of carbonyl (C=O) groups is 1. The molecule has 26 heavy (non-hydrogen) atoms. The summed E-state index contributed by atoms with van der Waals surface area (Å²) in [5, 5.41) is 6.07. The van der Waals surface area contributed by atoms with E-state index >= 15 is 0 Å². The first-order valence-corrected chi connectivity index (χ1v) is 8.56. The Morgan fingerprint density at radius 1 is 1.04 bits per heavy atom. The largest absolute Gasteiger partial charge is 0.467 e. The van der Waals surface area contributed by atoms with Crippen molar-refractivity contribution < 1.29 is 9.21 Å². The van der Waals surface area contributed by atoms with Crippen LogP contribution in [0.25, 0.3) is 0 Å². The van der Waals surface area contributed by atoms with Crippen LogP contribution in [0, 0.1) is 0 Å². The Balaban J connectivity index is 1.59. The van der Waals surface area contributed by atoms with Gasteiger partial charge in [-0.15, -0.1) is 0 Å². The predicted octanol–water partition coefficient (Wildman–Crippen LogP) is 4.65. The van der Waals surface area contributed by atoms with Crippen LogP contribution in [0.15, 0.2) is 65.4 Å². The zero-order chi connectivity index (χ0) is 18.6. The summed E-state index contributed by atoms with van der Waals surface area (Å²) in [6.07, 6.45) is 3.23. The van der Waals surface area contributed by atoms with Crippen molar-refractivity contribution in [2.75, 3.05) is 5.32 Å². The number of amides is 1. The third-order valence-corrected chi connectivity index (χ3v) is 4.04. The molecule has 0 bridgehead atoms. The molecule has 0 aliphatic heterocycles. The van der Waals surface area contributed by atoms with E-state index in [0.717, 1.165) is 11.4 Å². The second-order valence-corrected chi connectivity index (χ2v) is 7.15. The topological polar surface area (TPSA) is 67.2 Å². The molecule has 2 aromatic heterocycles. The second kappa shape index (κ2) is 7.44. The number of hydrogen-bond acceptors (Lipinski definition) is 4. The Morgan fingerprint density at radius 2 is 1.77 bits per heavy atom. The van der Waals surface area contributed by atoms with Gasteiger partial charge in [-0.3, -0.25) is 4.79 Å². The van der Waals surface area contributed by atoms with Gasteiger partial charge in [0.25, 0.3) is 5.91 Å². The number of aromatic nitrogens is 1. The van der Waals surface area contributed by atoms with Gasteiger partial charge in [0.2, 0.25) is 0 Å². The number of furan rings is 1. The smallest absolute Gasteiger partial charge is 0.270 e. The van der Waals surface area contributed by atoms with E-state index in [2.05, 4.69) is 48.5 Å². The summed E-state index contributed by atoms with van der Waals surface area (Å²) in [6, 6.07) is 15.5. The summed E-state index contributed by atoms with van der Waals surface area (Å²) in [7, 11) is 0. The molecule has 1 aromatic carbocycles. The van der Waals surface area contributed by atoms with Crippen molar-refractivity contribution in [2.45, 2.75) is 32.7 Å². The Morgan fingerprint density at radius 3 is 2.35 bits per heavy atom. The van der Waals surface area contributed by atoms with Crippen LogP contribution in [0.3, 0.4) is 0 Å². The van der Waals surface area contributed by atoms with Gasteiger partial charge in [0.1, 0.15) is 11.5 Å². The first-order valence-electron chi connectivity index (χ1n) is 8.56. The highest BCUT2D eigenvalue weighted by molar-refractivity contribution is 5.92. The third-order valence-electron chi connectivity index (χ3n) is 4.04. The van der Waals surface area contributed by atoms with Crippen LogP contribution in [0.1, 0.15) is 42.6 Å². The number of nitrogens with one attached hydrogen (secondary N) is 2. The van der Waals surface area contributed by atoms with Crippen LogP contribution < -0.4 is 10.6 Å². The minimum atomic E-state index is -0.234. The first kappa shape index (κ1) is 17.7. The molecular weight excluding hydrogens is 326 g/mol. The molecule has 3 aromatic rings. The normalized spacial score (nSPS) is 11.2. The second-order valence-electron chi connectivity index (χ2n) is 7.15. The lowest BCUT2D eigenvalue weighted by Crippen LogP contribution is -2.23. The average molecular weight is 349 g/mol. The van der Waals surface area contributed by atoms with Crippen molar-refractivity contribution in [1.29, 1.82) is 0 Å². The Labute approximate surface area is 153 Å². The van der Waals surface area contributed by atoms with Gasteiger partial charge in [-0.2, -0.15) is 0 Å². The predicted molar refractivity (Wildman–Crippen MR) is 103 cm³/mol. The van der Waals surface area contributed by atoms with Gasteiger partial charge in [0.15, 0.2) is 0 Å². The number of anilines is 2. The van der Waals surface area contributed by atoms with E-state index in [-0.39, 0.29) is 11.3 Å². The minimum absolute atomic E-state index is 0.130. The van der Waals surface area contributed by atoms with Crippen LogP contribution in [0.5, 0.6) is 0 Å². The van der Waals surface area contributed by atoms with Crippen molar-refractivity contribution >= 4 is 17.3 Å². The van der Waals surface area contributed by atoms with E-state index in [1.807, 2.05) is 24.3 Å². The fourth-order valence-corrected chi connectivity index (χ4v) is 2.49. The molecule has 0 spiro atoms. The highest BCUT2D eigenvalue weighted by Crippen LogP contribution is 2.24. The summed E-state index contributed by atoms with van der Waals surface area (Å²) in [5.41, 5.74) is 3.59. The Kier molecular flexibility index (Phi) is 5.07. The van der Waals surface area contributed by atoms with Gasteiger partial charge < -0.3 is 15.1 Å². The van der Waals surface area contributed by atoms with E-state index in [0.29, 0.717) is 18.0 Å². The molecule has 0 unspecified atom stereocenters. The van der Waals surface area contributed by atoms with E-state index in [1.165, 1.54) is 5.56 Å². The number of rotatable bonds is 5. The van der Waals surface area contributed by atoms with Crippen LogP contribution in [0.4, 0.5) is 11.4 Å². The third kappa shape index (κ3) is 4.51. The molecule has 0 radical (unpaired) electrons. The van der Waals surface area contributed by atoms with Crippen molar-refractivity contribution in [3.63, 3.8) is 0 Å². The molecule has 0 fully saturated rings. The molecule has 2 N–H and O–H groups in total. The van der Waals surface area contributed by atoms with E-state index in [4.69, 9.17) is 4.42 Å². The lowest BCUT2D eigenvalue weighted by Gasteiger charge is -2.19. The summed E-state index contributed by atoms with van der Waals surface area (Å²) in [5.74, 6) is 0.470. The number of pyridine rings is 1. The van der Waals surface area contributed by atoms with Gasteiger partial charge in [-0.25, -0.2) is 4.98 Å². The summed E-state index contributed by atoms with van der Waals surface area (Å²) in [4.78, 5) is 16.3. The highest BCUT2D eigenvalue weighted by Gasteiger charge is 2.13. The van der Waals surface area contributed by atoms with Crippen molar-refractivity contribution in [1.82, 2.24) is 10.3 Å². The lowest BCUT2D eigenvalue weighted by atomic mass is 9.87.